The van der Waals surface area contributed by atoms with Crippen LogP contribution in [0.2, 0.25) is 0 Å². The van der Waals surface area contributed by atoms with Gasteiger partial charge in [0, 0.05) is 16.6 Å². The van der Waals surface area contributed by atoms with Gasteiger partial charge in [0.25, 0.3) is 0 Å². The average Bonchev–Trinajstić information content (AvgIpc) is 3.18. The molecule has 0 aromatic carbocycles. The van der Waals surface area contributed by atoms with Crippen molar-refractivity contribution in [1.29, 1.82) is 5.26 Å². The van der Waals surface area contributed by atoms with Gasteiger partial charge in [-0.05, 0) is 18.9 Å². The highest BCUT2D eigenvalue weighted by atomic mass is 32.1. The summed E-state index contributed by atoms with van der Waals surface area (Å²) in [5, 5.41) is 27.6. The highest BCUT2D eigenvalue weighted by molar-refractivity contribution is 7.15. The number of hydrogen-bond acceptors (Lipinski definition) is 7. The fourth-order valence-electron chi connectivity index (χ4n) is 2.73. The molecule has 2 aromatic rings. The van der Waals surface area contributed by atoms with Crippen LogP contribution in [0.4, 0.5) is 5.00 Å². The molecule has 0 radical (unpaired) electrons. The van der Waals surface area contributed by atoms with Gasteiger partial charge in [0.2, 0.25) is 11.8 Å². The summed E-state index contributed by atoms with van der Waals surface area (Å²) in [6, 6.07) is 5.17. The van der Waals surface area contributed by atoms with Crippen LogP contribution in [0.1, 0.15) is 41.8 Å². The lowest BCUT2D eigenvalue weighted by Gasteiger charge is -2.22. The molecule has 3 heterocycles. The first kappa shape index (κ1) is 16.0. The number of nitriles is 1. The third-order valence-electron chi connectivity index (χ3n) is 3.88. The Kier molecular flexibility index (Phi) is 4.22. The molecule has 8 nitrogen and oxygen atoms in total. The summed E-state index contributed by atoms with van der Waals surface area (Å²) >= 11 is 1.03. The number of aromatic amines is 1. The maximum Gasteiger partial charge on any atom is 0.324 e. The van der Waals surface area contributed by atoms with E-state index in [2.05, 4.69) is 23.2 Å². The second kappa shape index (κ2) is 6.33. The molecule has 0 saturated carbocycles. The second-order valence-corrected chi connectivity index (χ2v) is 6.48. The first-order chi connectivity index (χ1) is 11.6. The van der Waals surface area contributed by atoms with Gasteiger partial charge >= 0.3 is 5.00 Å². The third kappa shape index (κ3) is 2.61. The maximum absolute atomic E-state index is 11.0. The number of nitrogens with two attached hydrogens (primary N) is 1. The Morgan fingerprint density at radius 1 is 1.58 bits per heavy atom. The zero-order chi connectivity index (χ0) is 17.3. The van der Waals surface area contributed by atoms with Crippen molar-refractivity contribution >= 4 is 16.3 Å². The van der Waals surface area contributed by atoms with Crippen molar-refractivity contribution in [3.8, 4) is 11.9 Å². The highest BCUT2D eigenvalue weighted by Gasteiger charge is 2.36. The summed E-state index contributed by atoms with van der Waals surface area (Å²) in [6.07, 6.45) is 2.71. The van der Waals surface area contributed by atoms with E-state index in [-0.39, 0.29) is 16.5 Å². The molecule has 9 heteroatoms. The molecule has 1 aliphatic heterocycles. The van der Waals surface area contributed by atoms with Gasteiger partial charge in [0.05, 0.1) is 16.4 Å². The zero-order valence-electron chi connectivity index (χ0n) is 12.9. The smallest absolute Gasteiger partial charge is 0.324 e. The molecule has 0 fully saturated rings. The lowest BCUT2D eigenvalue weighted by Crippen LogP contribution is -2.20. The van der Waals surface area contributed by atoms with Crippen LogP contribution in [0.15, 0.2) is 23.6 Å². The summed E-state index contributed by atoms with van der Waals surface area (Å²) in [6.45, 7) is 2.08. The Bertz CT molecular complexity index is 861. The van der Waals surface area contributed by atoms with E-state index in [0.29, 0.717) is 10.8 Å². The summed E-state index contributed by atoms with van der Waals surface area (Å²) in [5.74, 6) is -0.179. The van der Waals surface area contributed by atoms with Crippen molar-refractivity contribution < 1.29 is 9.66 Å². The number of hydrogen-bond donors (Lipinski definition) is 2. The van der Waals surface area contributed by atoms with E-state index in [1.54, 1.807) is 6.07 Å². The molecule has 1 aliphatic rings. The number of rotatable bonds is 5. The topological polar surface area (TPSA) is 131 Å². The first-order valence-electron chi connectivity index (χ1n) is 7.45. The standard InChI is InChI=1S/C15H15N5O3S/c1-2-3-4-9-13-12(10-5-6-11(24-10)20(21)22)8(7-16)14(17)23-15(13)19-18-9/h5-6,12H,2-4,17H2,1H3,(H,18,19). The Morgan fingerprint density at radius 2 is 2.38 bits per heavy atom. The van der Waals surface area contributed by atoms with E-state index in [0.717, 1.165) is 41.9 Å². The second-order valence-electron chi connectivity index (χ2n) is 5.38. The molecule has 2 aromatic heterocycles. The van der Waals surface area contributed by atoms with Gasteiger partial charge in [-0.15, -0.1) is 5.10 Å². The van der Waals surface area contributed by atoms with E-state index in [1.807, 2.05) is 0 Å². The van der Waals surface area contributed by atoms with Crippen LogP contribution >= 0.6 is 11.3 Å². The molecule has 0 saturated heterocycles. The van der Waals surface area contributed by atoms with Gasteiger partial charge < -0.3 is 10.5 Å². The maximum atomic E-state index is 11.0. The molecule has 24 heavy (non-hydrogen) atoms. The van der Waals surface area contributed by atoms with E-state index in [4.69, 9.17) is 10.5 Å². The quantitative estimate of drug-likeness (QED) is 0.632. The SMILES string of the molecule is CCCCc1[nH]nc2c1C(c1ccc([N+](=O)[O-])s1)C(C#N)=C(N)O2. The van der Waals surface area contributed by atoms with Gasteiger partial charge in [0.15, 0.2) is 0 Å². The van der Waals surface area contributed by atoms with Crippen LogP contribution in [-0.4, -0.2) is 15.1 Å². The van der Waals surface area contributed by atoms with Gasteiger partial charge in [-0.2, -0.15) is 5.26 Å². The summed E-state index contributed by atoms with van der Waals surface area (Å²) in [5.41, 5.74) is 7.72. The summed E-state index contributed by atoms with van der Waals surface area (Å²) < 4.78 is 5.47. The number of aryl methyl sites for hydroxylation is 1. The number of allylic oxidation sites excluding steroid dienone is 1. The third-order valence-corrected chi connectivity index (χ3v) is 4.98. The monoisotopic (exact) mass is 345 g/mol. The Morgan fingerprint density at radius 3 is 3.00 bits per heavy atom. The molecular formula is C15H15N5O3S. The number of nitro groups is 1. The Hall–Kier alpha value is -2.86. The summed E-state index contributed by atoms with van der Waals surface area (Å²) in [4.78, 5) is 11.2. The average molecular weight is 345 g/mol. The van der Waals surface area contributed by atoms with E-state index >= 15 is 0 Å². The van der Waals surface area contributed by atoms with Gasteiger partial charge in [-0.1, -0.05) is 24.7 Å². The number of nitrogens with zero attached hydrogens (tertiary/aromatic N) is 3. The van der Waals surface area contributed by atoms with Crippen LogP contribution in [0.5, 0.6) is 5.88 Å². The molecule has 3 rings (SSSR count). The number of thiophene rings is 1. The minimum absolute atomic E-state index is 0.0143. The van der Waals surface area contributed by atoms with Crippen LogP contribution in [0.3, 0.4) is 0 Å². The van der Waals surface area contributed by atoms with E-state index < -0.39 is 10.8 Å². The molecule has 1 unspecified atom stereocenters. The molecule has 1 atom stereocenters. The van der Waals surface area contributed by atoms with Crippen LogP contribution < -0.4 is 10.5 Å². The van der Waals surface area contributed by atoms with Crippen LogP contribution in [0, 0.1) is 21.4 Å². The highest BCUT2D eigenvalue weighted by Crippen LogP contribution is 2.46. The van der Waals surface area contributed by atoms with Crippen molar-refractivity contribution in [3.63, 3.8) is 0 Å². The number of H-pyrrole nitrogens is 1. The van der Waals surface area contributed by atoms with Crippen molar-refractivity contribution in [1.82, 2.24) is 10.2 Å². The fraction of sp³-hybridized carbons (Fsp3) is 0.333. The number of nitrogens with one attached hydrogen (secondary N) is 1. The fourth-order valence-corrected chi connectivity index (χ4v) is 3.67. The molecule has 0 bridgehead atoms. The Balaban J connectivity index is 2.12. The normalized spacial score (nSPS) is 16.4. The molecule has 0 aliphatic carbocycles. The van der Waals surface area contributed by atoms with Crippen molar-refractivity contribution in [2.75, 3.05) is 0 Å². The van der Waals surface area contributed by atoms with Gasteiger partial charge in [-0.25, -0.2) is 0 Å². The number of ether oxygens (including phenoxy) is 1. The minimum atomic E-state index is -0.497. The van der Waals surface area contributed by atoms with E-state index in [1.165, 1.54) is 6.07 Å². The zero-order valence-corrected chi connectivity index (χ0v) is 13.7. The number of fused-ring (bicyclic) bond motifs is 1. The lowest BCUT2D eigenvalue weighted by atomic mass is 9.88. The summed E-state index contributed by atoms with van der Waals surface area (Å²) in [7, 11) is 0. The predicted octanol–water partition coefficient (Wildman–Crippen LogP) is 2.94. The molecular weight excluding hydrogens is 330 g/mol. The van der Waals surface area contributed by atoms with E-state index in [9.17, 15) is 15.4 Å². The van der Waals surface area contributed by atoms with Gasteiger partial charge in [0.1, 0.15) is 11.6 Å². The minimum Gasteiger partial charge on any atom is -0.420 e. The Labute approximate surface area is 141 Å². The van der Waals surface area contributed by atoms with Crippen LogP contribution in [-0.2, 0) is 6.42 Å². The van der Waals surface area contributed by atoms with Crippen molar-refractivity contribution in [3.05, 3.63) is 49.8 Å². The number of unbranched alkanes of at least 4 members (excludes halogenated alkanes) is 1. The first-order valence-corrected chi connectivity index (χ1v) is 8.27. The molecule has 3 N–H and O–H groups in total. The van der Waals surface area contributed by atoms with Crippen molar-refractivity contribution in [2.24, 2.45) is 5.73 Å². The largest absolute Gasteiger partial charge is 0.420 e. The predicted molar refractivity (Wildman–Crippen MR) is 87.5 cm³/mol. The number of aromatic nitrogens is 2. The molecule has 0 amide bonds. The molecule has 0 spiro atoms. The van der Waals surface area contributed by atoms with Crippen LogP contribution in [0.25, 0.3) is 0 Å². The molecule has 124 valence electrons. The van der Waals surface area contributed by atoms with Gasteiger partial charge in [-0.3, -0.25) is 15.2 Å². The lowest BCUT2D eigenvalue weighted by molar-refractivity contribution is -0.380. The van der Waals surface area contributed by atoms with Crippen molar-refractivity contribution in [2.45, 2.75) is 32.1 Å².